The van der Waals surface area contributed by atoms with Gasteiger partial charge in [0.25, 0.3) is 0 Å². The van der Waals surface area contributed by atoms with Gasteiger partial charge < -0.3 is 19.4 Å². The van der Waals surface area contributed by atoms with Crippen LogP contribution in [0.25, 0.3) is 11.0 Å². The molecule has 2 aromatic rings. The number of hydrogen-bond acceptors (Lipinski definition) is 6. The van der Waals surface area contributed by atoms with E-state index in [1.54, 1.807) is 11.2 Å². The monoisotopic (exact) mass is 481 g/mol. The third kappa shape index (κ3) is 4.94. The highest BCUT2D eigenvalue weighted by Crippen LogP contribution is 2.59. The van der Waals surface area contributed by atoms with Gasteiger partial charge in [0.2, 0.25) is 5.91 Å². The van der Waals surface area contributed by atoms with Crippen molar-refractivity contribution in [3.05, 3.63) is 45.8 Å². The van der Waals surface area contributed by atoms with E-state index in [0.29, 0.717) is 42.8 Å². The fraction of sp³-hybridized carbons (Fsp3) is 0.593. The van der Waals surface area contributed by atoms with Crippen LogP contribution in [0.4, 0.5) is 4.79 Å². The molecule has 2 aliphatic heterocycles. The van der Waals surface area contributed by atoms with E-state index in [2.05, 4.69) is 10.2 Å². The van der Waals surface area contributed by atoms with Crippen LogP contribution in [-0.4, -0.2) is 60.6 Å². The molecule has 5 rings (SSSR count). The van der Waals surface area contributed by atoms with Gasteiger partial charge in [-0.2, -0.15) is 0 Å². The molecule has 3 heterocycles. The van der Waals surface area contributed by atoms with Gasteiger partial charge >= 0.3 is 6.09 Å². The summed E-state index contributed by atoms with van der Waals surface area (Å²) in [6.07, 6.45) is 5.78. The first-order valence-electron chi connectivity index (χ1n) is 12.8. The normalized spacial score (nSPS) is 22.3. The Hall–Kier alpha value is -2.87. The van der Waals surface area contributed by atoms with Gasteiger partial charge in [-0.25, -0.2) is 4.79 Å². The van der Waals surface area contributed by atoms with Gasteiger partial charge in [-0.05, 0) is 76.6 Å². The van der Waals surface area contributed by atoms with Crippen LogP contribution in [0.3, 0.4) is 0 Å². The number of aryl methyl sites for hydroxylation is 1. The quantitative estimate of drug-likeness (QED) is 0.703. The minimum Gasteiger partial charge on any atom is -0.464 e. The zero-order valence-electron chi connectivity index (χ0n) is 20.7. The van der Waals surface area contributed by atoms with Crippen molar-refractivity contribution in [2.75, 3.05) is 32.8 Å². The second-order valence-electron chi connectivity index (χ2n) is 10.5. The first-order valence-corrected chi connectivity index (χ1v) is 12.8. The molecule has 188 valence electrons. The molecular weight excluding hydrogens is 446 g/mol. The summed E-state index contributed by atoms with van der Waals surface area (Å²) in [5, 5.41) is 3.88. The molecule has 35 heavy (non-hydrogen) atoms. The fourth-order valence-corrected chi connectivity index (χ4v) is 5.79. The maximum atomic E-state index is 13.0. The second kappa shape index (κ2) is 9.64. The molecule has 2 saturated heterocycles. The summed E-state index contributed by atoms with van der Waals surface area (Å²) in [6.45, 7) is 7.75. The summed E-state index contributed by atoms with van der Waals surface area (Å²) in [5.74, 6) is 0.250. The SMILES string of the molecule is CCOC(=O)N1CCC(NC(=O)[C@@H]2CC23CCN(Cc2coc4ccc(C)cc4c2=O)CC3)CC1. The highest BCUT2D eigenvalue weighted by atomic mass is 16.6. The van der Waals surface area contributed by atoms with Crippen molar-refractivity contribution in [1.29, 1.82) is 0 Å². The zero-order valence-corrected chi connectivity index (χ0v) is 20.7. The Morgan fingerprint density at radius 3 is 2.63 bits per heavy atom. The lowest BCUT2D eigenvalue weighted by Gasteiger charge is -2.33. The second-order valence-corrected chi connectivity index (χ2v) is 10.5. The molecule has 2 amide bonds. The third-order valence-electron chi connectivity index (χ3n) is 8.12. The first-order chi connectivity index (χ1) is 16.9. The smallest absolute Gasteiger partial charge is 0.409 e. The van der Waals surface area contributed by atoms with Crippen LogP contribution in [0.15, 0.2) is 33.7 Å². The van der Waals surface area contributed by atoms with Gasteiger partial charge in [-0.1, -0.05) is 11.6 Å². The number of rotatable bonds is 5. The van der Waals surface area contributed by atoms with Crippen molar-refractivity contribution >= 4 is 23.0 Å². The number of fused-ring (bicyclic) bond motifs is 1. The van der Waals surface area contributed by atoms with Crippen molar-refractivity contribution in [3.63, 3.8) is 0 Å². The van der Waals surface area contributed by atoms with Crippen molar-refractivity contribution in [3.8, 4) is 0 Å². The highest BCUT2D eigenvalue weighted by Gasteiger charge is 2.58. The third-order valence-corrected chi connectivity index (χ3v) is 8.12. The molecular formula is C27H35N3O5. The van der Waals surface area contributed by atoms with E-state index in [4.69, 9.17) is 9.15 Å². The Kier molecular flexibility index (Phi) is 6.57. The topological polar surface area (TPSA) is 92.1 Å². The minimum absolute atomic E-state index is 0.0490. The lowest BCUT2D eigenvalue weighted by Crippen LogP contribution is -2.47. The number of likely N-dealkylation sites (tertiary alicyclic amines) is 2. The van der Waals surface area contributed by atoms with E-state index >= 15 is 0 Å². The molecule has 1 aromatic carbocycles. The fourth-order valence-electron chi connectivity index (χ4n) is 5.79. The zero-order chi connectivity index (χ0) is 24.6. The number of carbonyl (C=O) groups excluding carboxylic acids is 2. The Morgan fingerprint density at radius 1 is 1.17 bits per heavy atom. The number of carbonyl (C=O) groups is 2. The Labute approximate surface area is 205 Å². The van der Waals surface area contributed by atoms with Gasteiger partial charge in [0.05, 0.1) is 18.3 Å². The largest absolute Gasteiger partial charge is 0.464 e. The van der Waals surface area contributed by atoms with E-state index < -0.39 is 0 Å². The van der Waals surface area contributed by atoms with Gasteiger partial charge in [0, 0.05) is 37.2 Å². The van der Waals surface area contributed by atoms with E-state index in [9.17, 15) is 14.4 Å². The number of nitrogens with zero attached hydrogens (tertiary/aromatic N) is 2. The van der Waals surface area contributed by atoms with Gasteiger partial charge in [-0.3, -0.25) is 14.5 Å². The van der Waals surface area contributed by atoms with Gasteiger partial charge in [-0.15, -0.1) is 0 Å². The summed E-state index contributed by atoms with van der Waals surface area (Å²) in [6, 6.07) is 5.82. The molecule has 8 nitrogen and oxygen atoms in total. The average molecular weight is 482 g/mol. The summed E-state index contributed by atoms with van der Waals surface area (Å²) in [7, 11) is 0. The standard InChI is InChI=1S/C27H35N3O5/c1-3-34-26(33)30-10-6-20(7-11-30)28-25(32)22-15-27(22)8-12-29(13-9-27)16-19-17-35-23-5-4-18(2)14-21(23)24(19)31/h4-5,14,17,20,22H,3,6-13,15-16H2,1-2H3,(H,28,32)/t22-/m0/s1. The molecule has 3 aliphatic rings. The van der Waals surface area contributed by atoms with Crippen LogP contribution in [0.2, 0.25) is 0 Å². The molecule has 1 spiro atoms. The molecule has 1 atom stereocenters. The molecule has 3 fully saturated rings. The molecule has 0 bridgehead atoms. The van der Waals surface area contributed by atoms with Crippen molar-refractivity contribution in [1.82, 2.24) is 15.1 Å². The summed E-state index contributed by atoms with van der Waals surface area (Å²) in [4.78, 5) is 41.8. The number of benzene rings is 1. The summed E-state index contributed by atoms with van der Waals surface area (Å²) < 4.78 is 10.8. The molecule has 1 saturated carbocycles. The predicted molar refractivity (Wildman–Crippen MR) is 132 cm³/mol. The van der Waals surface area contributed by atoms with Gasteiger partial charge in [0.1, 0.15) is 5.58 Å². The van der Waals surface area contributed by atoms with Gasteiger partial charge in [0.15, 0.2) is 5.43 Å². The van der Waals surface area contributed by atoms with Crippen LogP contribution in [0, 0.1) is 18.3 Å². The Morgan fingerprint density at radius 2 is 1.91 bits per heavy atom. The van der Waals surface area contributed by atoms with E-state index in [0.717, 1.165) is 50.8 Å². The number of amides is 2. The molecule has 1 aromatic heterocycles. The minimum atomic E-state index is -0.262. The summed E-state index contributed by atoms with van der Waals surface area (Å²) in [5.41, 5.74) is 2.52. The van der Waals surface area contributed by atoms with Crippen molar-refractivity contribution in [2.45, 2.75) is 58.5 Å². The number of ether oxygens (including phenoxy) is 1. The first kappa shape index (κ1) is 23.9. The van der Waals surface area contributed by atoms with Crippen LogP contribution < -0.4 is 10.7 Å². The number of nitrogens with one attached hydrogen (secondary N) is 1. The lowest BCUT2D eigenvalue weighted by atomic mass is 9.90. The molecule has 0 unspecified atom stereocenters. The molecule has 8 heteroatoms. The van der Waals surface area contributed by atoms with Crippen molar-refractivity contribution in [2.24, 2.45) is 11.3 Å². The van der Waals surface area contributed by atoms with Crippen LogP contribution in [0.1, 0.15) is 50.2 Å². The maximum absolute atomic E-state index is 13.0. The van der Waals surface area contributed by atoms with E-state index in [1.165, 1.54) is 0 Å². The van der Waals surface area contributed by atoms with E-state index in [1.807, 2.05) is 32.0 Å². The van der Waals surface area contributed by atoms with Crippen molar-refractivity contribution < 1.29 is 18.7 Å². The number of hydrogen-bond donors (Lipinski definition) is 1. The van der Waals surface area contributed by atoms with Crippen LogP contribution >= 0.6 is 0 Å². The maximum Gasteiger partial charge on any atom is 0.409 e. The Bertz CT molecular complexity index is 1160. The molecule has 1 aliphatic carbocycles. The van der Waals surface area contributed by atoms with Crippen LogP contribution in [0.5, 0.6) is 0 Å². The van der Waals surface area contributed by atoms with Crippen LogP contribution in [-0.2, 0) is 16.1 Å². The lowest BCUT2D eigenvalue weighted by molar-refractivity contribution is -0.124. The average Bonchev–Trinajstić information content (AvgIpc) is 3.57. The Balaban J connectivity index is 1.10. The van der Waals surface area contributed by atoms with E-state index in [-0.39, 0.29) is 34.8 Å². The number of piperidine rings is 2. The predicted octanol–water partition coefficient (Wildman–Crippen LogP) is 3.44. The summed E-state index contributed by atoms with van der Waals surface area (Å²) >= 11 is 0. The molecule has 0 radical (unpaired) electrons. The highest BCUT2D eigenvalue weighted by molar-refractivity contribution is 5.83. The molecule has 1 N–H and O–H groups in total.